The Bertz CT molecular complexity index is 1270. The first-order valence-electron chi connectivity index (χ1n) is 10.8. The summed E-state index contributed by atoms with van der Waals surface area (Å²) in [7, 11) is 0. The van der Waals surface area contributed by atoms with E-state index in [0.29, 0.717) is 24.2 Å². The standard InChI is InChI=1S/C26H24N4O2/c1-19(31)20-7-10-22(11-8-20)28-13-15-29(16-14-28)26(32)21-9-12-25-24(17-21)27-18-30(25)23-5-3-2-4-6-23/h2-12,17-18H,13-16H2,1H3. The Balaban J connectivity index is 1.28. The first kappa shape index (κ1) is 20.0. The Morgan fingerprint density at radius 2 is 1.47 bits per heavy atom. The van der Waals surface area contributed by atoms with Crippen molar-refractivity contribution in [1.29, 1.82) is 0 Å². The molecule has 1 aliphatic heterocycles. The number of fused-ring (bicyclic) bond motifs is 1. The molecule has 3 aromatic carbocycles. The number of para-hydroxylation sites is 1. The molecule has 4 aromatic rings. The van der Waals surface area contributed by atoms with Crippen LogP contribution in [0.5, 0.6) is 0 Å². The summed E-state index contributed by atoms with van der Waals surface area (Å²) in [6.45, 7) is 4.41. The monoisotopic (exact) mass is 424 g/mol. The molecule has 5 rings (SSSR count). The molecule has 2 heterocycles. The largest absolute Gasteiger partial charge is 0.368 e. The van der Waals surface area contributed by atoms with Crippen LogP contribution in [0.1, 0.15) is 27.6 Å². The summed E-state index contributed by atoms with van der Waals surface area (Å²) in [5, 5.41) is 0. The van der Waals surface area contributed by atoms with Gasteiger partial charge in [0.15, 0.2) is 5.78 Å². The Kier molecular flexibility index (Phi) is 5.19. The van der Waals surface area contributed by atoms with E-state index in [1.165, 1.54) is 0 Å². The number of rotatable bonds is 4. The fourth-order valence-corrected chi connectivity index (χ4v) is 4.20. The topological polar surface area (TPSA) is 58.4 Å². The van der Waals surface area contributed by atoms with Crippen molar-refractivity contribution in [2.45, 2.75) is 6.92 Å². The summed E-state index contributed by atoms with van der Waals surface area (Å²) in [5.74, 6) is 0.102. The molecular formula is C26H24N4O2. The predicted molar refractivity (Wildman–Crippen MR) is 126 cm³/mol. The Morgan fingerprint density at radius 1 is 0.781 bits per heavy atom. The van der Waals surface area contributed by atoms with Gasteiger partial charge in [-0.2, -0.15) is 0 Å². The Morgan fingerprint density at radius 3 is 2.16 bits per heavy atom. The van der Waals surface area contributed by atoms with Crippen LogP contribution in [0.3, 0.4) is 0 Å². The lowest BCUT2D eigenvalue weighted by Crippen LogP contribution is -2.48. The van der Waals surface area contributed by atoms with Gasteiger partial charge in [-0.3, -0.25) is 14.2 Å². The maximum Gasteiger partial charge on any atom is 0.254 e. The van der Waals surface area contributed by atoms with E-state index in [4.69, 9.17) is 0 Å². The lowest BCUT2D eigenvalue weighted by atomic mass is 10.1. The molecule has 0 atom stereocenters. The zero-order valence-corrected chi connectivity index (χ0v) is 17.9. The summed E-state index contributed by atoms with van der Waals surface area (Å²) in [4.78, 5) is 33.3. The van der Waals surface area contributed by atoms with E-state index in [1.54, 1.807) is 13.3 Å². The fraction of sp³-hybridized carbons (Fsp3) is 0.192. The third-order valence-corrected chi connectivity index (χ3v) is 6.03. The second kappa shape index (κ2) is 8.30. The van der Waals surface area contributed by atoms with E-state index < -0.39 is 0 Å². The predicted octanol–water partition coefficient (Wildman–Crippen LogP) is 4.19. The van der Waals surface area contributed by atoms with Gasteiger partial charge >= 0.3 is 0 Å². The first-order chi connectivity index (χ1) is 15.6. The number of hydrogen-bond acceptors (Lipinski definition) is 4. The fourth-order valence-electron chi connectivity index (χ4n) is 4.20. The number of hydrogen-bond donors (Lipinski definition) is 0. The van der Waals surface area contributed by atoms with Crippen molar-refractivity contribution in [3.63, 3.8) is 0 Å². The molecule has 1 fully saturated rings. The second-order valence-corrected chi connectivity index (χ2v) is 8.04. The Labute approximate surface area is 186 Å². The van der Waals surface area contributed by atoms with Crippen molar-refractivity contribution < 1.29 is 9.59 Å². The molecule has 0 unspecified atom stereocenters. The van der Waals surface area contributed by atoms with Gasteiger partial charge in [-0.05, 0) is 61.5 Å². The van der Waals surface area contributed by atoms with Crippen LogP contribution in [0.25, 0.3) is 16.7 Å². The van der Waals surface area contributed by atoms with E-state index in [9.17, 15) is 9.59 Å². The summed E-state index contributed by atoms with van der Waals surface area (Å²) in [6, 6.07) is 23.5. The maximum atomic E-state index is 13.1. The van der Waals surface area contributed by atoms with Crippen LogP contribution >= 0.6 is 0 Å². The van der Waals surface area contributed by atoms with Crippen molar-refractivity contribution in [1.82, 2.24) is 14.5 Å². The van der Waals surface area contributed by atoms with Gasteiger partial charge < -0.3 is 9.80 Å². The number of imidazole rings is 1. The molecule has 6 nitrogen and oxygen atoms in total. The number of benzene rings is 3. The molecule has 1 amide bonds. The van der Waals surface area contributed by atoms with Gasteiger partial charge in [0.1, 0.15) is 6.33 Å². The van der Waals surface area contributed by atoms with E-state index in [-0.39, 0.29) is 11.7 Å². The van der Waals surface area contributed by atoms with Gasteiger partial charge in [-0.25, -0.2) is 4.98 Å². The number of carbonyl (C=O) groups excluding carboxylic acids is 2. The van der Waals surface area contributed by atoms with Crippen molar-refractivity contribution >= 4 is 28.4 Å². The molecule has 1 aromatic heterocycles. The zero-order chi connectivity index (χ0) is 22.1. The zero-order valence-electron chi connectivity index (χ0n) is 17.9. The van der Waals surface area contributed by atoms with Crippen LogP contribution in [0.4, 0.5) is 5.69 Å². The van der Waals surface area contributed by atoms with E-state index in [0.717, 1.165) is 35.5 Å². The molecule has 160 valence electrons. The summed E-state index contributed by atoms with van der Waals surface area (Å²) < 4.78 is 2.03. The molecule has 0 aliphatic carbocycles. The number of ketones is 1. The van der Waals surface area contributed by atoms with Crippen molar-refractivity contribution in [2.75, 3.05) is 31.1 Å². The number of amides is 1. The molecule has 0 bridgehead atoms. The molecule has 0 saturated carbocycles. The summed E-state index contributed by atoms with van der Waals surface area (Å²) in [5.41, 5.74) is 5.29. The van der Waals surface area contributed by atoms with E-state index in [1.807, 2.05) is 82.3 Å². The van der Waals surface area contributed by atoms with Crippen LogP contribution in [0.15, 0.2) is 79.1 Å². The molecule has 1 saturated heterocycles. The summed E-state index contributed by atoms with van der Waals surface area (Å²) in [6.07, 6.45) is 1.80. The molecule has 32 heavy (non-hydrogen) atoms. The first-order valence-corrected chi connectivity index (χ1v) is 10.8. The van der Waals surface area contributed by atoms with Crippen LogP contribution < -0.4 is 4.90 Å². The molecule has 6 heteroatoms. The summed E-state index contributed by atoms with van der Waals surface area (Å²) >= 11 is 0. The smallest absolute Gasteiger partial charge is 0.254 e. The number of piperazine rings is 1. The SMILES string of the molecule is CC(=O)c1ccc(N2CCN(C(=O)c3ccc4c(c3)ncn4-c3ccccc3)CC2)cc1. The highest BCUT2D eigenvalue weighted by atomic mass is 16.2. The normalized spacial score (nSPS) is 14.0. The number of nitrogens with zero attached hydrogens (tertiary/aromatic N) is 4. The maximum absolute atomic E-state index is 13.1. The minimum Gasteiger partial charge on any atom is -0.368 e. The van der Waals surface area contributed by atoms with E-state index >= 15 is 0 Å². The van der Waals surface area contributed by atoms with Crippen LogP contribution in [0.2, 0.25) is 0 Å². The number of carbonyl (C=O) groups is 2. The molecule has 0 N–H and O–H groups in total. The van der Waals surface area contributed by atoms with Gasteiger partial charge in [0.25, 0.3) is 5.91 Å². The highest BCUT2D eigenvalue weighted by Crippen LogP contribution is 2.22. The Hall–Kier alpha value is -3.93. The third kappa shape index (κ3) is 3.75. The molecule has 0 radical (unpaired) electrons. The third-order valence-electron chi connectivity index (χ3n) is 6.03. The number of Topliss-reactive ketones (excluding diaryl/α,β-unsaturated/α-hetero) is 1. The van der Waals surface area contributed by atoms with Crippen LogP contribution in [-0.4, -0.2) is 52.3 Å². The average molecular weight is 425 g/mol. The van der Waals surface area contributed by atoms with Crippen molar-refractivity contribution in [2.24, 2.45) is 0 Å². The van der Waals surface area contributed by atoms with Gasteiger partial charge in [-0.15, -0.1) is 0 Å². The van der Waals surface area contributed by atoms with Gasteiger partial charge in [-0.1, -0.05) is 18.2 Å². The lowest BCUT2D eigenvalue weighted by molar-refractivity contribution is 0.0746. The van der Waals surface area contributed by atoms with Crippen molar-refractivity contribution in [3.8, 4) is 5.69 Å². The molecular weight excluding hydrogens is 400 g/mol. The van der Waals surface area contributed by atoms with Gasteiger partial charge in [0.2, 0.25) is 0 Å². The molecule has 1 aliphatic rings. The molecule has 0 spiro atoms. The minimum absolute atomic E-state index is 0.0349. The highest BCUT2D eigenvalue weighted by molar-refractivity contribution is 5.98. The minimum atomic E-state index is 0.0349. The quantitative estimate of drug-likeness (QED) is 0.461. The second-order valence-electron chi connectivity index (χ2n) is 8.04. The number of anilines is 1. The number of aromatic nitrogens is 2. The van der Waals surface area contributed by atoms with Crippen LogP contribution in [0, 0.1) is 0 Å². The van der Waals surface area contributed by atoms with Crippen molar-refractivity contribution in [3.05, 3.63) is 90.3 Å². The lowest BCUT2D eigenvalue weighted by Gasteiger charge is -2.36. The van der Waals surface area contributed by atoms with Gasteiger partial charge in [0, 0.05) is 48.7 Å². The van der Waals surface area contributed by atoms with Crippen LogP contribution in [-0.2, 0) is 0 Å². The van der Waals surface area contributed by atoms with Gasteiger partial charge in [0.05, 0.1) is 11.0 Å². The van der Waals surface area contributed by atoms with E-state index in [2.05, 4.69) is 9.88 Å². The highest BCUT2D eigenvalue weighted by Gasteiger charge is 2.23. The average Bonchev–Trinajstić information content (AvgIpc) is 3.27.